The van der Waals surface area contributed by atoms with Gasteiger partial charge in [0.15, 0.2) is 0 Å². The fraction of sp³-hybridized carbons (Fsp3) is 0.333. The Kier molecular flexibility index (Phi) is 7.79. The molecule has 3 aliphatic heterocycles. The summed E-state index contributed by atoms with van der Waals surface area (Å²) >= 11 is 0. The monoisotopic (exact) mass is 514 g/mol. The van der Waals surface area contributed by atoms with Gasteiger partial charge in [-0.3, -0.25) is 9.59 Å². The lowest BCUT2D eigenvalue weighted by Crippen LogP contribution is -2.37. The van der Waals surface area contributed by atoms with Crippen molar-refractivity contribution in [2.75, 3.05) is 56.2 Å². The first kappa shape index (κ1) is 25.6. The molecule has 0 radical (unpaired) electrons. The molecule has 3 aromatic carbocycles. The Morgan fingerprint density at radius 2 is 1.71 bits per heavy atom. The summed E-state index contributed by atoms with van der Waals surface area (Å²) in [6.07, 6.45) is 2.78. The summed E-state index contributed by atoms with van der Waals surface area (Å²) in [6, 6.07) is 18.7. The number of hydrogen-bond donors (Lipinski definition) is 3. The van der Waals surface area contributed by atoms with Gasteiger partial charge in [0.1, 0.15) is 11.5 Å². The van der Waals surface area contributed by atoms with Gasteiger partial charge in [0.25, 0.3) is 11.8 Å². The van der Waals surface area contributed by atoms with E-state index in [1.807, 2.05) is 36.4 Å². The van der Waals surface area contributed by atoms with E-state index in [1.165, 1.54) is 0 Å². The van der Waals surface area contributed by atoms with Crippen molar-refractivity contribution in [2.24, 2.45) is 0 Å². The van der Waals surface area contributed by atoms with Crippen LogP contribution in [0.5, 0.6) is 11.5 Å². The third-order valence-corrected chi connectivity index (χ3v) is 7.27. The smallest absolute Gasteiger partial charge is 0.258 e. The van der Waals surface area contributed by atoms with Crippen LogP contribution < -0.4 is 25.2 Å². The van der Waals surface area contributed by atoms with Gasteiger partial charge < -0.3 is 30.3 Å². The Labute approximate surface area is 223 Å². The molecular weight excluding hydrogens is 480 g/mol. The molecule has 0 unspecified atom stereocenters. The van der Waals surface area contributed by atoms with E-state index < -0.39 is 0 Å². The zero-order valence-corrected chi connectivity index (χ0v) is 21.7. The number of rotatable bonds is 3. The molecule has 6 rings (SSSR count). The van der Waals surface area contributed by atoms with Crippen molar-refractivity contribution in [3.63, 3.8) is 0 Å². The van der Waals surface area contributed by atoms with Gasteiger partial charge in [-0.15, -0.1) is 0 Å². The molecule has 0 bridgehead atoms. The minimum atomic E-state index is -0.0370. The van der Waals surface area contributed by atoms with Gasteiger partial charge in [-0.05, 0) is 73.3 Å². The molecule has 3 heterocycles. The number of ether oxygens (including phenoxy) is 1. The number of carbonyl (C=O) groups is 2. The first-order chi connectivity index (χ1) is 18.5. The van der Waals surface area contributed by atoms with Gasteiger partial charge >= 0.3 is 0 Å². The molecule has 8 heteroatoms. The molecule has 3 aromatic rings. The maximum Gasteiger partial charge on any atom is 0.258 e. The van der Waals surface area contributed by atoms with E-state index in [2.05, 4.69) is 21.6 Å². The number of methoxy groups -OCH3 is 1. The third kappa shape index (κ3) is 5.45. The van der Waals surface area contributed by atoms with Gasteiger partial charge in [-0.2, -0.15) is 0 Å². The van der Waals surface area contributed by atoms with Gasteiger partial charge in [0, 0.05) is 55.6 Å². The van der Waals surface area contributed by atoms with Gasteiger partial charge in [-0.25, -0.2) is 0 Å². The number of hydrogen-bond acceptors (Lipinski definition) is 6. The minimum absolute atomic E-state index is 0.0370. The number of nitrogens with zero attached hydrogens (tertiary/aromatic N) is 2. The lowest BCUT2D eigenvalue weighted by atomic mass is 9.98. The van der Waals surface area contributed by atoms with Crippen molar-refractivity contribution < 1.29 is 19.4 Å². The van der Waals surface area contributed by atoms with Crippen molar-refractivity contribution in [2.45, 2.75) is 19.3 Å². The van der Waals surface area contributed by atoms with Crippen molar-refractivity contribution in [3.8, 4) is 11.5 Å². The molecule has 0 atom stereocenters. The molecule has 1 saturated heterocycles. The summed E-state index contributed by atoms with van der Waals surface area (Å²) in [5, 5.41) is 15.9. The average Bonchev–Trinajstić information content (AvgIpc) is 3.23. The number of phenols is 1. The molecule has 2 amide bonds. The molecule has 0 aliphatic carbocycles. The Balaban J connectivity index is 0.000000222. The van der Waals surface area contributed by atoms with Gasteiger partial charge in [0.2, 0.25) is 0 Å². The van der Waals surface area contributed by atoms with Crippen molar-refractivity contribution in [1.29, 1.82) is 0 Å². The summed E-state index contributed by atoms with van der Waals surface area (Å²) in [5.74, 6) is 1.02. The lowest BCUT2D eigenvalue weighted by molar-refractivity contribution is 0.0944. The number of nitrogens with one attached hydrogen (secondary N) is 2. The first-order valence-corrected chi connectivity index (χ1v) is 13.2. The van der Waals surface area contributed by atoms with E-state index in [0.29, 0.717) is 12.1 Å². The van der Waals surface area contributed by atoms with E-state index in [0.717, 1.165) is 85.8 Å². The van der Waals surface area contributed by atoms with Crippen LogP contribution >= 0.6 is 0 Å². The molecule has 198 valence electrons. The summed E-state index contributed by atoms with van der Waals surface area (Å²) in [6.45, 7) is 5.28. The predicted molar refractivity (Wildman–Crippen MR) is 149 cm³/mol. The molecule has 0 spiro atoms. The van der Waals surface area contributed by atoms with E-state index >= 15 is 0 Å². The average molecular weight is 515 g/mol. The number of carbonyl (C=O) groups excluding carboxylic acids is 2. The normalized spacial score (nSPS) is 16.9. The number of aromatic hydroxyl groups is 1. The van der Waals surface area contributed by atoms with Crippen LogP contribution in [0.15, 0.2) is 60.7 Å². The van der Waals surface area contributed by atoms with Crippen molar-refractivity contribution in [1.82, 2.24) is 10.6 Å². The highest BCUT2D eigenvalue weighted by molar-refractivity contribution is 6.08. The Morgan fingerprint density at radius 3 is 2.55 bits per heavy atom. The van der Waals surface area contributed by atoms with Crippen LogP contribution in [0, 0.1) is 0 Å². The predicted octanol–water partition coefficient (Wildman–Crippen LogP) is 3.38. The van der Waals surface area contributed by atoms with E-state index in [9.17, 15) is 14.7 Å². The molecule has 3 N–H and O–H groups in total. The Hall–Kier alpha value is -4.04. The van der Waals surface area contributed by atoms with Crippen molar-refractivity contribution >= 4 is 23.2 Å². The highest BCUT2D eigenvalue weighted by Crippen LogP contribution is 2.35. The van der Waals surface area contributed by atoms with Crippen molar-refractivity contribution in [3.05, 3.63) is 82.9 Å². The summed E-state index contributed by atoms with van der Waals surface area (Å²) in [5.41, 5.74) is 5.46. The molecule has 1 fully saturated rings. The van der Waals surface area contributed by atoms with Crippen LogP contribution in [0.3, 0.4) is 0 Å². The quantitative estimate of drug-likeness (QED) is 0.496. The van der Waals surface area contributed by atoms with E-state index in [4.69, 9.17) is 4.74 Å². The van der Waals surface area contributed by atoms with Gasteiger partial charge in [0.05, 0.1) is 12.8 Å². The molecule has 3 aliphatic rings. The van der Waals surface area contributed by atoms with Crippen LogP contribution in [0.2, 0.25) is 0 Å². The molecule has 0 aromatic heterocycles. The highest BCUT2D eigenvalue weighted by Gasteiger charge is 2.27. The fourth-order valence-corrected chi connectivity index (χ4v) is 5.27. The third-order valence-electron chi connectivity index (χ3n) is 7.27. The minimum Gasteiger partial charge on any atom is -0.508 e. The van der Waals surface area contributed by atoms with Crippen LogP contribution in [0.1, 0.15) is 38.3 Å². The van der Waals surface area contributed by atoms with Crippen LogP contribution in [0.4, 0.5) is 11.4 Å². The summed E-state index contributed by atoms with van der Waals surface area (Å²) in [7, 11) is 1.68. The van der Waals surface area contributed by atoms with Crippen LogP contribution in [0.25, 0.3) is 0 Å². The second-order valence-electron chi connectivity index (χ2n) is 9.66. The second kappa shape index (κ2) is 11.6. The number of anilines is 2. The number of phenolic OH excluding ortho intramolecular Hbond substituents is 1. The standard InChI is InChI=1S/C21H25N3O3.C9H9NO/c1-27-20-14-16(3-6-19(20)23-10-2-8-22-9-12-23)24-11-7-15-13-17(25)4-5-18(15)21(24)26;11-9-8-4-2-1-3-7(8)5-6-10-9/h3-6,13-14,22,25H,2,7-12H2,1H3;1-4H,5-6H2,(H,10,11). The van der Waals surface area contributed by atoms with E-state index in [1.54, 1.807) is 30.2 Å². The first-order valence-electron chi connectivity index (χ1n) is 13.2. The molecular formula is C30H34N4O4. The maximum absolute atomic E-state index is 12.9. The second-order valence-corrected chi connectivity index (χ2v) is 9.66. The summed E-state index contributed by atoms with van der Waals surface area (Å²) < 4.78 is 5.66. The van der Waals surface area contributed by atoms with Crippen LogP contribution in [-0.2, 0) is 12.8 Å². The fourth-order valence-electron chi connectivity index (χ4n) is 5.27. The van der Waals surface area contributed by atoms with Crippen LogP contribution in [-0.4, -0.2) is 63.3 Å². The largest absolute Gasteiger partial charge is 0.508 e. The Morgan fingerprint density at radius 1 is 0.842 bits per heavy atom. The lowest BCUT2D eigenvalue weighted by Gasteiger charge is -2.30. The topological polar surface area (TPSA) is 94.1 Å². The van der Waals surface area contributed by atoms with E-state index in [-0.39, 0.29) is 17.6 Å². The molecule has 8 nitrogen and oxygen atoms in total. The summed E-state index contributed by atoms with van der Waals surface area (Å²) in [4.78, 5) is 28.2. The number of benzene rings is 3. The number of amides is 2. The SMILES string of the molecule is COc1cc(N2CCc3cc(O)ccc3C2=O)ccc1N1CCCNCC1.O=C1NCCc2ccccc21. The highest BCUT2D eigenvalue weighted by atomic mass is 16.5. The van der Waals surface area contributed by atoms with Gasteiger partial charge in [-0.1, -0.05) is 18.2 Å². The zero-order chi connectivity index (χ0) is 26.5. The zero-order valence-electron chi connectivity index (χ0n) is 21.7. The molecule has 38 heavy (non-hydrogen) atoms. The Bertz CT molecular complexity index is 1320. The maximum atomic E-state index is 12.9. The number of fused-ring (bicyclic) bond motifs is 2. The molecule has 0 saturated carbocycles.